The Bertz CT molecular complexity index is 727. The minimum atomic E-state index is -0.00661. The van der Waals surface area contributed by atoms with Gasteiger partial charge in [0.2, 0.25) is 0 Å². The number of rotatable bonds is 3. The van der Waals surface area contributed by atoms with Crippen LogP contribution in [-0.2, 0) is 14.1 Å². The first-order valence-electron chi connectivity index (χ1n) is 7.02. The molecule has 2 N–H and O–H groups in total. The van der Waals surface area contributed by atoms with Gasteiger partial charge in [-0.15, -0.1) is 0 Å². The molecule has 1 aliphatic rings. The summed E-state index contributed by atoms with van der Waals surface area (Å²) in [4.78, 5) is 12.0. The van der Waals surface area contributed by atoms with Crippen molar-refractivity contribution in [3.63, 3.8) is 0 Å². The molecular weight excluding hydrogens is 318 g/mol. The fraction of sp³-hybridized carbons (Fsp3) is 0.533. The minimum absolute atomic E-state index is 0.00661. The van der Waals surface area contributed by atoms with Gasteiger partial charge in [-0.05, 0) is 42.4 Å². The topological polar surface area (TPSA) is 52.9 Å². The second kappa shape index (κ2) is 4.74. The van der Waals surface area contributed by atoms with E-state index >= 15 is 0 Å². The Kier molecular flexibility index (Phi) is 3.29. The number of hydrogen-bond donors (Lipinski definition) is 1. The zero-order chi connectivity index (χ0) is 14.6. The molecule has 0 aliphatic heterocycles. The van der Waals surface area contributed by atoms with Crippen LogP contribution in [0.5, 0.6) is 0 Å². The third-order valence-electron chi connectivity index (χ3n) is 4.68. The van der Waals surface area contributed by atoms with Gasteiger partial charge >= 0.3 is 5.69 Å². The van der Waals surface area contributed by atoms with Crippen LogP contribution in [0.4, 0.5) is 0 Å². The Morgan fingerprint density at radius 1 is 1.25 bits per heavy atom. The van der Waals surface area contributed by atoms with E-state index in [0.717, 1.165) is 27.0 Å². The van der Waals surface area contributed by atoms with Crippen LogP contribution < -0.4 is 11.4 Å². The van der Waals surface area contributed by atoms with Crippen LogP contribution in [0.1, 0.15) is 31.4 Å². The quantitative estimate of drug-likeness (QED) is 0.936. The highest BCUT2D eigenvalue weighted by Crippen LogP contribution is 2.43. The van der Waals surface area contributed by atoms with E-state index < -0.39 is 0 Å². The monoisotopic (exact) mass is 337 g/mol. The lowest BCUT2D eigenvalue weighted by atomic mass is 9.91. The summed E-state index contributed by atoms with van der Waals surface area (Å²) >= 11 is 3.62. The first-order chi connectivity index (χ1) is 9.41. The SMILES string of the molecule is CC(C1CC1)C(N)c1cc2c(cc1Br)n(C)c(=O)n2C. The molecule has 108 valence electrons. The Balaban J connectivity index is 2.14. The summed E-state index contributed by atoms with van der Waals surface area (Å²) < 4.78 is 4.34. The van der Waals surface area contributed by atoms with Crippen LogP contribution in [0, 0.1) is 11.8 Å². The van der Waals surface area contributed by atoms with Gasteiger partial charge < -0.3 is 5.73 Å². The van der Waals surface area contributed by atoms with Crippen LogP contribution in [0.15, 0.2) is 21.4 Å². The van der Waals surface area contributed by atoms with Crippen molar-refractivity contribution in [1.29, 1.82) is 0 Å². The average Bonchev–Trinajstić information content (AvgIpc) is 3.24. The molecule has 1 aliphatic carbocycles. The highest BCUT2D eigenvalue weighted by molar-refractivity contribution is 9.10. The van der Waals surface area contributed by atoms with Gasteiger partial charge in [0, 0.05) is 24.6 Å². The number of hydrogen-bond acceptors (Lipinski definition) is 2. The molecule has 2 unspecified atom stereocenters. The number of nitrogens with two attached hydrogens (primary N) is 1. The lowest BCUT2D eigenvalue weighted by molar-refractivity contribution is 0.416. The van der Waals surface area contributed by atoms with Gasteiger partial charge in [-0.2, -0.15) is 0 Å². The molecule has 0 spiro atoms. The van der Waals surface area contributed by atoms with Gasteiger partial charge in [0.15, 0.2) is 0 Å². The molecule has 5 heteroatoms. The predicted molar refractivity (Wildman–Crippen MR) is 84.7 cm³/mol. The summed E-state index contributed by atoms with van der Waals surface area (Å²) in [7, 11) is 3.60. The van der Waals surface area contributed by atoms with Crippen LogP contribution in [0.3, 0.4) is 0 Å². The van der Waals surface area contributed by atoms with E-state index in [2.05, 4.69) is 28.9 Å². The Morgan fingerprint density at radius 2 is 1.80 bits per heavy atom. The number of halogens is 1. The van der Waals surface area contributed by atoms with E-state index in [0.29, 0.717) is 5.92 Å². The van der Waals surface area contributed by atoms with E-state index in [1.54, 1.807) is 23.2 Å². The fourth-order valence-electron chi connectivity index (χ4n) is 2.99. The summed E-state index contributed by atoms with van der Waals surface area (Å²) in [6.45, 7) is 2.23. The largest absolute Gasteiger partial charge is 0.328 e. The highest BCUT2D eigenvalue weighted by Gasteiger charge is 2.33. The van der Waals surface area contributed by atoms with Gasteiger partial charge in [-0.25, -0.2) is 4.79 Å². The third kappa shape index (κ3) is 2.04. The van der Waals surface area contributed by atoms with Crippen LogP contribution in [0.2, 0.25) is 0 Å². The molecule has 0 saturated heterocycles. The van der Waals surface area contributed by atoms with Gasteiger partial charge in [-0.3, -0.25) is 9.13 Å². The summed E-state index contributed by atoms with van der Waals surface area (Å²) in [5, 5.41) is 0. The molecule has 4 nitrogen and oxygen atoms in total. The molecule has 3 rings (SSSR count). The number of aromatic nitrogens is 2. The molecular formula is C15H20BrN3O. The molecule has 1 heterocycles. The third-order valence-corrected chi connectivity index (χ3v) is 5.37. The van der Waals surface area contributed by atoms with Crippen molar-refractivity contribution in [2.75, 3.05) is 0 Å². The smallest absolute Gasteiger partial charge is 0.324 e. The zero-order valence-corrected chi connectivity index (χ0v) is 13.6. The Hall–Kier alpha value is -1.07. The number of nitrogens with zero attached hydrogens (tertiary/aromatic N) is 2. The second-order valence-corrected chi connectivity index (χ2v) is 6.84. The molecule has 2 atom stereocenters. The lowest BCUT2D eigenvalue weighted by Crippen LogP contribution is -2.21. The summed E-state index contributed by atoms with van der Waals surface area (Å²) in [6.07, 6.45) is 2.58. The molecule has 2 aromatic rings. The maximum Gasteiger partial charge on any atom is 0.328 e. The predicted octanol–water partition coefficient (Wildman–Crippen LogP) is 2.69. The first-order valence-corrected chi connectivity index (χ1v) is 7.81. The maximum absolute atomic E-state index is 12.0. The second-order valence-electron chi connectivity index (χ2n) is 5.99. The van der Waals surface area contributed by atoms with Crippen molar-refractivity contribution in [3.05, 3.63) is 32.7 Å². The van der Waals surface area contributed by atoms with E-state index in [1.807, 2.05) is 6.07 Å². The molecule has 20 heavy (non-hydrogen) atoms. The van der Waals surface area contributed by atoms with Gasteiger partial charge in [-0.1, -0.05) is 22.9 Å². The summed E-state index contributed by atoms with van der Waals surface area (Å²) in [5.74, 6) is 1.23. The lowest BCUT2D eigenvalue weighted by Gasteiger charge is -2.21. The van der Waals surface area contributed by atoms with Crippen molar-refractivity contribution in [2.24, 2.45) is 31.7 Å². The van der Waals surface area contributed by atoms with Crippen molar-refractivity contribution >= 4 is 27.0 Å². The van der Waals surface area contributed by atoms with Gasteiger partial charge in [0.05, 0.1) is 11.0 Å². The van der Waals surface area contributed by atoms with Crippen LogP contribution in [-0.4, -0.2) is 9.13 Å². The Labute approximate surface area is 126 Å². The van der Waals surface area contributed by atoms with Crippen molar-refractivity contribution < 1.29 is 0 Å². The normalized spacial score (nSPS) is 18.4. The standard InChI is InChI=1S/C15H20BrN3O/c1-8(9-4-5-9)14(17)10-6-12-13(7-11(10)16)19(3)15(20)18(12)2/h6-9,14H,4-5,17H2,1-3H3. The van der Waals surface area contributed by atoms with Gasteiger partial charge in [0.1, 0.15) is 0 Å². The molecule has 1 fully saturated rings. The molecule has 1 aromatic heterocycles. The highest BCUT2D eigenvalue weighted by atomic mass is 79.9. The Morgan fingerprint density at radius 3 is 2.35 bits per heavy atom. The first kappa shape index (κ1) is 13.9. The molecule has 0 amide bonds. The fourth-order valence-corrected chi connectivity index (χ4v) is 3.59. The number of imidazole rings is 1. The number of benzene rings is 1. The summed E-state index contributed by atoms with van der Waals surface area (Å²) in [6, 6.07) is 4.08. The molecule has 1 aromatic carbocycles. The average molecular weight is 338 g/mol. The van der Waals surface area contributed by atoms with Crippen LogP contribution in [0.25, 0.3) is 11.0 Å². The van der Waals surface area contributed by atoms with E-state index in [9.17, 15) is 4.79 Å². The molecule has 1 saturated carbocycles. The molecule has 0 bridgehead atoms. The number of fused-ring (bicyclic) bond motifs is 1. The van der Waals surface area contributed by atoms with E-state index in [-0.39, 0.29) is 11.7 Å². The van der Waals surface area contributed by atoms with Gasteiger partial charge in [0.25, 0.3) is 0 Å². The zero-order valence-electron chi connectivity index (χ0n) is 12.1. The van der Waals surface area contributed by atoms with Crippen LogP contribution >= 0.6 is 15.9 Å². The van der Waals surface area contributed by atoms with Crippen molar-refractivity contribution in [2.45, 2.75) is 25.8 Å². The van der Waals surface area contributed by atoms with Crippen molar-refractivity contribution in [1.82, 2.24) is 9.13 Å². The number of aryl methyl sites for hydroxylation is 2. The maximum atomic E-state index is 12.0. The minimum Gasteiger partial charge on any atom is -0.324 e. The van der Waals surface area contributed by atoms with E-state index in [1.165, 1.54) is 12.8 Å². The van der Waals surface area contributed by atoms with Crippen molar-refractivity contribution in [3.8, 4) is 0 Å². The summed E-state index contributed by atoms with van der Waals surface area (Å²) in [5.41, 5.74) is 9.40. The molecule has 0 radical (unpaired) electrons. The van der Waals surface area contributed by atoms with E-state index in [4.69, 9.17) is 5.73 Å².